The molecule has 1 aromatic carbocycles. The van der Waals surface area contributed by atoms with Gasteiger partial charge in [-0.15, -0.1) is 0 Å². The van der Waals surface area contributed by atoms with Crippen LogP contribution in [-0.4, -0.2) is 17.1 Å². The maximum Gasteiger partial charge on any atom is 0.319 e. The minimum absolute atomic E-state index is 0.136. The quantitative estimate of drug-likeness (QED) is 0.661. The standard InChI is InChI=1S/C17H16N4O4/c1-11-9-15(25-21-11)16(22)19-12-4-6-13(7-5-12)20-17(23)18-10-14-3-2-8-24-14/h2-9H,10H2,1H3,(H,19,22)(H2,18,20,23). The molecular formula is C17H16N4O4. The highest BCUT2D eigenvalue weighted by molar-refractivity contribution is 6.02. The van der Waals surface area contributed by atoms with Gasteiger partial charge in [0.05, 0.1) is 18.5 Å². The number of hydrogen-bond donors (Lipinski definition) is 3. The van der Waals surface area contributed by atoms with E-state index in [0.29, 0.717) is 29.4 Å². The van der Waals surface area contributed by atoms with Crippen molar-refractivity contribution in [2.24, 2.45) is 0 Å². The first-order chi connectivity index (χ1) is 12.1. The average Bonchev–Trinajstić information content (AvgIpc) is 3.26. The largest absolute Gasteiger partial charge is 0.467 e. The molecule has 8 nitrogen and oxygen atoms in total. The van der Waals surface area contributed by atoms with Gasteiger partial charge >= 0.3 is 6.03 Å². The summed E-state index contributed by atoms with van der Waals surface area (Å²) in [4.78, 5) is 23.8. The third kappa shape index (κ3) is 4.47. The monoisotopic (exact) mass is 340 g/mol. The molecule has 0 radical (unpaired) electrons. The Balaban J connectivity index is 1.51. The van der Waals surface area contributed by atoms with E-state index in [2.05, 4.69) is 21.1 Å². The van der Waals surface area contributed by atoms with Crippen LogP contribution in [0.2, 0.25) is 0 Å². The van der Waals surface area contributed by atoms with Gasteiger partial charge in [-0.2, -0.15) is 0 Å². The molecule has 0 fully saturated rings. The molecule has 3 aromatic rings. The van der Waals surface area contributed by atoms with E-state index < -0.39 is 5.91 Å². The SMILES string of the molecule is Cc1cc(C(=O)Nc2ccc(NC(=O)NCc3ccco3)cc2)on1. The molecule has 0 saturated carbocycles. The van der Waals surface area contributed by atoms with Crippen LogP contribution in [0.25, 0.3) is 0 Å². The number of carbonyl (C=O) groups is 2. The highest BCUT2D eigenvalue weighted by atomic mass is 16.5. The van der Waals surface area contributed by atoms with Crippen molar-refractivity contribution >= 4 is 23.3 Å². The van der Waals surface area contributed by atoms with Crippen molar-refractivity contribution in [3.63, 3.8) is 0 Å². The van der Waals surface area contributed by atoms with Crippen molar-refractivity contribution in [1.29, 1.82) is 0 Å². The summed E-state index contributed by atoms with van der Waals surface area (Å²) < 4.78 is 10.0. The summed E-state index contributed by atoms with van der Waals surface area (Å²) in [6.07, 6.45) is 1.54. The van der Waals surface area contributed by atoms with Crippen molar-refractivity contribution in [3.8, 4) is 0 Å². The first-order valence-electron chi connectivity index (χ1n) is 7.52. The maximum absolute atomic E-state index is 12.0. The molecule has 25 heavy (non-hydrogen) atoms. The zero-order valence-electron chi connectivity index (χ0n) is 13.4. The molecule has 0 atom stereocenters. The van der Waals surface area contributed by atoms with Gasteiger partial charge in [0.2, 0.25) is 5.76 Å². The molecule has 128 valence electrons. The third-order valence-corrected chi connectivity index (χ3v) is 3.26. The fraction of sp³-hybridized carbons (Fsp3) is 0.118. The van der Waals surface area contributed by atoms with Gasteiger partial charge < -0.3 is 24.9 Å². The lowest BCUT2D eigenvalue weighted by Gasteiger charge is -2.08. The summed E-state index contributed by atoms with van der Waals surface area (Å²) in [6.45, 7) is 2.03. The summed E-state index contributed by atoms with van der Waals surface area (Å²) in [6, 6.07) is 11.4. The van der Waals surface area contributed by atoms with E-state index in [1.165, 1.54) is 0 Å². The Morgan fingerprint density at radius 3 is 2.40 bits per heavy atom. The Morgan fingerprint density at radius 1 is 1.08 bits per heavy atom. The lowest BCUT2D eigenvalue weighted by atomic mass is 10.2. The number of benzene rings is 1. The fourth-order valence-corrected chi connectivity index (χ4v) is 2.06. The molecule has 0 bridgehead atoms. The molecule has 3 rings (SSSR count). The first-order valence-corrected chi connectivity index (χ1v) is 7.52. The molecule has 3 amide bonds. The van der Waals surface area contributed by atoms with E-state index in [-0.39, 0.29) is 11.8 Å². The Hall–Kier alpha value is -3.55. The number of furan rings is 1. The molecule has 2 heterocycles. The Kier molecular flexibility index (Phi) is 4.79. The van der Waals surface area contributed by atoms with Crippen molar-refractivity contribution in [1.82, 2.24) is 10.5 Å². The molecule has 0 aliphatic heterocycles. The third-order valence-electron chi connectivity index (χ3n) is 3.26. The number of aryl methyl sites for hydroxylation is 1. The number of aromatic nitrogens is 1. The number of carbonyl (C=O) groups excluding carboxylic acids is 2. The number of anilines is 2. The van der Waals surface area contributed by atoms with Gasteiger partial charge in [0.1, 0.15) is 5.76 Å². The molecular weight excluding hydrogens is 324 g/mol. The summed E-state index contributed by atoms with van der Waals surface area (Å²) in [5, 5.41) is 11.7. The van der Waals surface area contributed by atoms with Crippen LogP contribution in [0.3, 0.4) is 0 Å². The number of nitrogens with one attached hydrogen (secondary N) is 3. The van der Waals surface area contributed by atoms with Crippen LogP contribution in [0.5, 0.6) is 0 Å². The second-order valence-electron chi connectivity index (χ2n) is 5.25. The van der Waals surface area contributed by atoms with Crippen LogP contribution in [0.4, 0.5) is 16.2 Å². The van der Waals surface area contributed by atoms with Gasteiger partial charge in [-0.1, -0.05) is 5.16 Å². The summed E-state index contributed by atoms with van der Waals surface area (Å²) in [5.74, 6) is 0.408. The second kappa shape index (κ2) is 7.35. The summed E-state index contributed by atoms with van der Waals surface area (Å²) in [7, 11) is 0. The van der Waals surface area contributed by atoms with Gasteiger partial charge in [0.15, 0.2) is 0 Å². The number of hydrogen-bond acceptors (Lipinski definition) is 5. The van der Waals surface area contributed by atoms with E-state index >= 15 is 0 Å². The van der Waals surface area contributed by atoms with Gasteiger partial charge in [-0.05, 0) is 43.3 Å². The second-order valence-corrected chi connectivity index (χ2v) is 5.25. The Bertz CT molecular complexity index is 853. The topological polar surface area (TPSA) is 109 Å². The Labute approximate surface area is 143 Å². The van der Waals surface area contributed by atoms with Crippen LogP contribution in [0, 0.1) is 6.92 Å². The minimum Gasteiger partial charge on any atom is -0.467 e. The van der Waals surface area contributed by atoms with Crippen molar-refractivity contribution in [2.75, 3.05) is 10.6 Å². The summed E-state index contributed by atoms with van der Waals surface area (Å²) >= 11 is 0. The number of amides is 3. The van der Waals surface area contributed by atoms with Crippen molar-refractivity contribution in [2.45, 2.75) is 13.5 Å². The number of rotatable bonds is 5. The molecule has 0 saturated heterocycles. The average molecular weight is 340 g/mol. The van der Waals surface area contributed by atoms with Crippen LogP contribution >= 0.6 is 0 Å². The van der Waals surface area contributed by atoms with Gasteiger partial charge in [-0.3, -0.25) is 4.79 Å². The van der Waals surface area contributed by atoms with E-state index in [1.807, 2.05) is 0 Å². The molecule has 3 N–H and O–H groups in total. The lowest BCUT2D eigenvalue weighted by Crippen LogP contribution is -2.27. The minimum atomic E-state index is -0.391. The lowest BCUT2D eigenvalue weighted by molar-refractivity contribution is 0.0988. The fourth-order valence-electron chi connectivity index (χ4n) is 2.06. The van der Waals surface area contributed by atoms with Gasteiger partial charge in [0, 0.05) is 17.4 Å². The van der Waals surface area contributed by atoms with Crippen LogP contribution < -0.4 is 16.0 Å². The summed E-state index contributed by atoms with van der Waals surface area (Å²) in [5.41, 5.74) is 1.79. The molecule has 8 heteroatoms. The molecule has 0 spiro atoms. The maximum atomic E-state index is 12.0. The predicted octanol–water partition coefficient (Wildman–Crippen LogP) is 3.15. The highest BCUT2D eigenvalue weighted by Gasteiger charge is 2.11. The highest BCUT2D eigenvalue weighted by Crippen LogP contribution is 2.15. The zero-order valence-corrected chi connectivity index (χ0v) is 13.4. The van der Waals surface area contributed by atoms with Gasteiger partial charge in [-0.25, -0.2) is 4.79 Å². The van der Waals surface area contributed by atoms with E-state index in [1.54, 1.807) is 55.7 Å². The normalized spacial score (nSPS) is 10.3. The molecule has 0 aliphatic carbocycles. The van der Waals surface area contributed by atoms with E-state index in [0.717, 1.165) is 0 Å². The van der Waals surface area contributed by atoms with Crippen molar-refractivity contribution < 1.29 is 18.5 Å². The van der Waals surface area contributed by atoms with Crippen molar-refractivity contribution in [3.05, 3.63) is 65.9 Å². The Morgan fingerprint density at radius 2 is 1.80 bits per heavy atom. The zero-order chi connectivity index (χ0) is 17.6. The van der Waals surface area contributed by atoms with Crippen LogP contribution in [0.1, 0.15) is 22.0 Å². The first kappa shape index (κ1) is 16.3. The molecule has 0 aliphatic rings. The van der Waals surface area contributed by atoms with Crippen LogP contribution in [-0.2, 0) is 6.54 Å². The predicted molar refractivity (Wildman–Crippen MR) is 90.2 cm³/mol. The van der Waals surface area contributed by atoms with E-state index in [9.17, 15) is 9.59 Å². The van der Waals surface area contributed by atoms with E-state index in [4.69, 9.17) is 8.94 Å². The number of urea groups is 1. The molecule has 0 unspecified atom stereocenters. The smallest absolute Gasteiger partial charge is 0.319 e. The van der Waals surface area contributed by atoms with Crippen LogP contribution in [0.15, 0.2) is 57.7 Å². The number of nitrogens with zero attached hydrogens (tertiary/aromatic N) is 1. The molecule has 2 aromatic heterocycles. The van der Waals surface area contributed by atoms with Gasteiger partial charge in [0.25, 0.3) is 5.91 Å².